The highest BCUT2D eigenvalue weighted by Gasteiger charge is 2.27. The maximum absolute atomic E-state index is 13.0. The van der Waals surface area contributed by atoms with E-state index in [0.717, 1.165) is 0 Å². The number of aliphatic hydroxyl groups excluding tert-OH is 2. The molecule has 1 aromatic carbocycles. The number of aliphatic hydroxyl groups is 2. The Morgan fingerprint density at radius 3 is 2.06 bits per heavy atom. The molecule has 0 aliphatic carbocycles. The summed E-state index contributed by atoms with van der Waals surface area (Å²) in [6, 6.07) is 2.36. The minimum absolute atomic E-state index is 0.247. The van der Waals surface area contributed by atoms with Crippen molar-refractivity contribution in [3.8, 4) is 0 Å². The van der Waals surface area contributed by atoms with Gasteiger partial charge in [0.05, 0.1) is 0 Å². The molecule has 2 atom stereocenters. The van der Waals surface area contributed by atoms with Crippen LogP contribution in [-0.2, 0) is 4.79 Å². The first-order chi connectivity index (χ1) is 7.34. The van der Waals surface area contributed by atoms with Crippen molar-refractivity contribution < 1.29 is 24.5 Å². The second-order valence-corrected chi connectivity index (χ2v) is 3.68. The minimum Gasteiger partial charge on any atom is -0.479 e. The molecule has 16 heavy (non-hydrogen) atoms. The number of hydrogen-bond acceptors (Lipinski definition) is 3. The van der Waals surface area contributed by atoms with Crippen molar-refractivity contribution in [2.45, 2.75) is 26.1 Å². The van der Waals surface area contributed by atoms with Crippen LogP contribution in [0, 0.1) is 19.7 Å². The number of hydrogen-bond donors (Lipinski definition) is 3. The van der Waals surface area contributed by atoms with E-state index < -0.39 is 24.0 Å². The predicted molar refractivity (Wildman–Crippen MR) is 54.5 cm³/mol. The van der Waals surface area contributed by atoms with Crippen LogP contribution in [0.3, 0.4) is 0 Å². The van der Waals surface area contributed by atoms with E-state index in [1.807, 2.05) is 0 Å². The van der Waals surface area contributed by atoms with Gasteiger partial charge in [0.15, 0.2) is 6.10 Å². The Bertz CT molecular complexity index is 393. The number of aliphatic carboxylic acids is 1. The molecule has 0 amide bonds. The molecule has 0 fully saturated rings. The van der Waals surface area contributed by atoms with E-state index in [0.29, 0.717) is 11.1 Å². The fourth-order valence-corrected chi connectivity index (χ4v) is 1.68. The Balaban J connectivity index is 3.18. The summed E-state index contributed by atoms with van der Waals surface area (Å²) >= 11 is 0. The zero-order valence-electron chi connectivity index (χ0n) is 8.94. The van der Waals surface area contributed by atoms with Crippen LogP contribution in [0.2, 0.25) is 0 Å². The van der Waals surface area contributed by atoms with Crippen molar-refractivity contribution >= 4 is 5.97 Å². The van der Waals surface area contributed by atoms with Gasteiger partial charge in [-0.25, -0.2) is 9.18 Å². The molecule has 0 radical (unpaired) electrons. The van der Waals surface area contributed by atoms with Crippen LogP contribution in [0.4, 0.5) is 4.39 Å². The molecule has 3 N–H and O–H groups in total. The molecule has 0 aliphatic rings. The largest absolute Gasteiger partial charge is 0.479 e. The minimum atomic E-state index is -1.91. The third-order valence-electron chi connectivity index (χ3n) is 2.41. The van der Waals surface area contributed by atoms with E-state index in [2.05, 4.69) is 0 Å². The molecular weight excluding hydrogens is 215 g/mol. The molecule has 0 aliphatic heterocycles. The van der Waals surface area contributed by atoms with Gasteiger partial charge in [-0.05, 0) is 42.7 Å². The summed E-state index contributed by atoms with van der Waals surface area (Å²) in [5.74, 6) is -1.98. The van der Waals surface area contributed by atoms with Crippen LogP contribution in [0.1, 0.15) is 22.8 Å². The number of rotatable bonds is 3. The van der Waals surface area contributed by atoms with Gasteiger partial charge in [-0.3, -0.25) is 0 Å². The molecule has 1 rings (SSSR count). The third-order valence-corrected chi connectivity index (χ3v) is 2.41. The molecular formula is C11H13FO4. The fraction of sp³-hybridized carbons (Fsp3) is 0.364. The topological polar surface area (TPSA) is 77.8 Å². The first-order valence-corrected chi connectivity index (χ1v) is 4.70. The van der Waals surface area contributed by atoms with Crippen LogP contribution in [0.25, 0.3) is 0 Å². The lowest BCUT2D eigenvalue weighted by molar-refractivity contribution is -0.153. The molecule has 88 valence electrons. The number of carboxylic acid groups (broad SMARTS) is 1. The smallest absolute Gasteiger partial charge is 0.335 e. The quantitative estimate of drug-likeness (QED) is 0.719. The molecule has 0 aromatic heterocycles. The lowest BCUT2D eigenvalue weighted by Gasteiger charge is -2.19. The summed E-state index contributed by atoms with van der Waals surface area (Å²) in [5, 5.41) is 27.4. The third kappa shape index (κ3) is 2.37. The zero-order valence-corrected chi connectivity index (χ0v) is 8.94. The lowest BCUT2D eigenvalue weighted by Crippen LogP contribution is -2.28. The number of aryl methyl sites for hydroxylation is 2. The maximum atomic E-state index is 13.0. The van der Waals surface area contributed by atoms with Crippen molar-refractivity contribution in [1.82, 2.24) is 0 Å². The molecule has 5 heteroatoms. The molecule has 0 saturated carbocycles. The van der Waals surface area contributed by atoms with Gasteiger partial charge in [-0.15, -0.1) is 0 Å². The highest BCUT2D eigenvalue weighted by Crippen LogP contribution is 2.25. The summed E-state index contributed by atoms with van der Waals surface area (Å²) in [7, 11) is 0. The first kappa shape index (κ1) is 12.6. The summed E-state index contributed by atoms with van der Waals surface area (Å²) in [4.78, 5) is 10.5. The van der Waals surface area contributed by atoms with Crippen molar-refractivity contribution in [3.05, 3.63) is 34.6 Å². The van der Waals surface area contributed by atoms with Gasteiger partial charge >= 0.3 is 5.97 Å². The SMILES string of the molecule is Cc1cc(F)cc(C)c1C(O)C(O)C(=O)O. The molecule has 0 bridgehead atoms. The van der Waals surface area contributed by atoms with E-state index in [-0.39, 0.29) is 5.56 Å². The van der Waals surface area contributed by atoms with E-state index in [9.17, 15) is 19.4 Å². The zero-order chi connectivity index (χ0) is 12.5. The Labute approximate surface area is 92.0 Å². The number of carbonyl (C=O) groups is 1. The molecule has 4 nitrogen and oxygen atoms in total. The van der Waals surface area contributed by atoms with Gasteiger partial charge in [0.2, 0.25) is 0 Å². The summed E-state index contributed by atoms with van der Waals surface area (Å²) in [6.07, 6.45) is -3.47. The first-order valence-electron chi connectivity index (χ1n) is 4.70. The normalized spacial score (nSPS) is 14.6. The molecule has 1 aromatic rings. The van der Waals surface area contributed by atoms with Gasteiger partial charge in [0, 0.05) is 0 Å². The molecule has 0 saturated heterocycles. The summed E-state index contributed by atoms with van der Waals surface area (Å²) in [5.41, 5.74) is 1.06. The molecule has 0 spiro atoms. The summed E-state index contributed by atoms with van der Waals surface area (Å²) < 4.78 is 13.0. The standard InChI is InChI=1S/C11H13FO4/c1-5-3-7(12)4-6(2)8(5)9(13)10(14)11(15)16/h3-4,9-10,13-14H,1-2H3,(H,15,16). The Morgan fingerprint density at radius 1 is 1.25 bits per heavy atom. The predicted octanol–water partition coefficient (Wildman–Crippen LogP) is 0.921. The van der Waals surface area contributed by atoms with Crippen molar-refractivity contribution in [1.29, 1.82) is 0 Å². The molecule has 0 heterocycles. The molecule has 2 unspecified atom stereocenters. The second kappa shape index (κ2) is 4.59. The Kier molecular flexibility index (Phi) is 3.62. The van der Waals surface area contributed by atoms with Crippen LogP contribution in [0.5, 0.6) is 0 Å². The van der Waals surface area contributed by atoms with E-state index >= 15 is 0 Å². The van der Waals surface area contributed by atoms with Crippen LogP contribution in [-0.4, -0.2) is 27.4 Å². The number of halogens is 1. The average Bonchev–Trinajstić information content (AvgIpc) is 2.14. The van der Waals surface area contributed by atoms with Gasteiger partial charge in [0.25, 0.3) is 0 Å². The van der Waals surface area contributed by atoms with Gasteiger partial charge in [-0.2, -0.15) is 0 Å². The number of carboxylic acids is 1. The Morgan fingerprint density at radius 2 is 1.69 bits per heavy atom. The van der Waals surface area contributed by atoms with Gasteiger partial charge in [0.1, 0.15) is 11.9 Å². The summed E-state index contributed by atoms with van der Waals surface area (Å²) in [6.45, 7) is 3.09. The monoisotopic (exact) mass is 228 g/mol. The van der Waals surface area contributed by atoms with Crippen molar-refractivity contribution in [3.63, 3.8) is 0 Å². The van der Waals surface area contributed by atoms with Crippen LogP contribution in [0.15, 0.2) is 12.1 Å². The van der Waals surface area contributed by atoms with Crippen LogP contribution < -0.4 is 0 Å². The van der Waals surface area contributed by atoms with Crippen molar-refractivity contribution in [2.75, 3.05) is 0 Å². The van der Waals surface area contributed by atoms with Crippen molar-refractivity contribution in [2.24, 2.45) is 0 Å². The number of benzene rings is 1. The highest BCUT2D eigenvalue weighted by molar-refractivity contribution is 5.73. The maximum Gasteiger partial charge on any atom is 0.335 e. The average molecular weight is 228 g/mol. The van der Waals surface area contributed by atoms with Gasteiger partial charge < -0.3 is 15.3 Å². The highest BCUT2D eigenvalue weighted by atomic mass is 19.1. The van der Waals surface area contributed by atoms with Crippen LogP contribution >= 0.6 is 0 Å². The second-order valence-electron chi connectivity index (χ2n) is 3.68. The van der Waals surface area contributed by atoms with E-state index in [1.54, 1.807) is 13.8 Å². The Hall–Kier alpha value is -1.46. The fourth-order valence-electron chi connectivity index (χ4n) is 1.68. The lowest BCUT2D eigenvalue weighted by atomic mass is 9.94. The van der Waals surface area contributed by atoms with E-state index in [1.165, 1.54) is 12.1 Å². The van der Waals surface area contributed by atoms with Gasteiger partial charge in [-0.1, -0.05) is 0 Å². The van der Waals surface area contributed by atoms with E-state index in [4.69, 9.17) is 5.11 Å².